The van der Waals surface area contributed by atoms with E-state index in [-0.39, 0.29) is 23.7 Å². The minimum Gasteiger partial charge on any atom is -0.326 e. The maximum Gasteiger partial charge on any atom is 0.227 e. The Kier molecular flexibility index (Phi) is 8.22. The van der Waals surface area contributed by atoms with E-state index in [1.807, 2.05) is 12.1 Å². The number of carbonyl (C=O) groups is 2. The molecular formula is C32H44N2O2. The van der Waals surface area contributed by atoms with Gasteiger partial charge >= 0.3 is 0 Å². The fourth-order valence-corrected chi connectivity index (χ4v) is 5.29. The second kappa shape index (κ2) is 11.2. The van der Waals surface area contributed by atoms with Gasteiger partial charge in [0.1, 0.15) is 0 Å². The van der Waals surface area contributed by atoms with Gasteiger partial charge in [0.25, 0.3) is 0 Å². The molecule has 2 aromatic rings. The summed E-state index contributed by atoms with van der Waals surface area (Å²) in [5.74, 6) is 3.19. The highest BCUT2D eigenvalue weighted by Crippen LogP contribution is 2.44. The van der Waals surface area contributed by atoms with Crippen LogP contribution < -0.4 is 10.6 Å². The number of carbonyl (C=O) groups excluding carboxylic acids is 2. The summed E-state index contributed by atoms with van der Waals surface area (Å²) in [5.41, 5.74) is 6.16. The van der Waals surface area contributed by atoms with Crippen LogP contribution >= 0.6 is 0 Å². The molecule has 4 rings (SSSR count). The first-order chi connectivity index (χ1) is 17.1. The van der Waals surface area contributed by atoms with Crippen LogP contribution in [0.5, 0.6) is 0 Å². The summed E-state index contributed by atoms with van der Waals surface area (Å²) in [6.45, 7) is 13.1. The van der Waals surface area contributed by atoms with Gasteiger partial charge in [0.05, 0.1) is 0 Å². The Balaban J connectivity index is 1.33. The number of rotatable bonds is 11. The molecular weight excluding hydrogens is 444 g/mol. The van der Waals surface area contributed by atoms with Crippen LogP contribution in [0.15, 0.2) is 36.4 Å². The lowest BCUT2D eigenvalue weighted by Crippen LogP contribution is -2.16. The molecule has 0 heterocycles. The fraction of sp³-hybridized carbons (Fsp3) is 0.562. The van der Waals surface area contributed by atoms with Crippen molar-refractivity contribution >= 4 is 23.2 Å². The molecule has 0 spiro atoms. The molecule has 2 saturated carbocycles. The molecule has 2 aliphatic carbocycles. The Morgan fingerprint density at radius 3 is 1.44 bits per heavy atom. The van der Waals surface area contributed by atoms with Gasteiger partial charge in [-0.3, -0.25) is 9.59 Å². The average Bonchev–Trinajstić information content (AvgIpc) is 3.73. The molecule has 4 heteroatoms. The summed E-state index contributed by atoms with van der Waals surface area (Å²) < 4.78 is 0. The minimum absolute atomic E-state index is 0.164. The van der Waals surface area contributed by atoms with Crippen LogP contribution in [0.2, 0.25) is 0 Å². The second-order valence-electron chi connectivity index (χ2n) is 12.2. The summed E-state index contributed by atoms with van der Waals surface area (Å²) in [6, 6.07) is 12.4. The quantitative estimate of drug-likeness (QED) is 0.337. The average molecular weight is 489 g/mol. The SMILES string of the molecule is Cc1cc(-c2ccc(NC(=O)[C@@H]3C[C@@H]3CCC(C)C)c(C)c2)ccc1NC(=O)[C@H]1C[C@@H]1CCC(C)C. The third-order valence-corrected chi connectivity index (χ3v) is 8.05. The zero-order valence-electron chi connectivity index (χ0n) is 23.0. The zero-order chi connectivity index (χ0) is 26.0. The molecule has 0 aromatic heterocycles. The molecule has 2 aliphatic rings. The third kappa shape index (κ3) is 6.78. The van der Waals surface area contributed by atoms with Gasteiger partial charge in [-0.25, -0.2) is 0 Å². The molecule has 2 amide bonds. The van der Waals surface area contributed by atoms with Crippen molar-refractivity contribution < 1.29 is 9.59 Å². The van der Waals surface area contributed by atoms with Crippen LogP contribution in [-0.4, -0.2) is 11.8 Å². The molecule has 36 heavy (non-hydrogen) atoms. The van der Waals surface area contributed by atoms with Crippen molar-refractivity contribution in [2.75, 3.05) is 10.6 Å². The van der Waals surface area contributed by atoms with Crippen molar-refractivity contribution in [3.63, 3.8) is 0 Å². The highest BCUT2D eigenvalue weighted by atomic mass is 16.2. The number of anilines is 2. The number of amides is 2. The van der Waals surface area contributed by atoms with Gasteiger partial charge in [0.2, 0.25) is 11.8 Å². The van der Waals surface area contributed by atoms with E-state index in [2.05, 4.69) is 76.4 Å². The van der Waals surface area contributed by atoms with Crippen LogP contribution in [0.3, 0.4) is 0 Å². The first kappa shape index (κ1) is 26.4. The normalized spacial score (nSPS) is 22.6. The van der Waals surface area contributed by atoms with Crippen LogP contribution in [0, 0.1) is 49.4 Å². The van der Waals surface area contributed by atoms with Gasteiger partial charge in [0, 0.05) is 23.2 Å². The van der Waals surface area contributed by atoms with E-state index < -0.39 is 0 Å². The summed E-state index contributed by atoms with van der Waals surface area (Å²) in [6.07, 6.45) is 6.76. The van der Waals surface area contributed by atoms with Crippen molar-refractivity contribution in [3.8, 4) is 11.1 Å². The van der Waals surface area contributed by atoms with E-state index >= 15 is 0 Å². The van der Waals surface area contributed by atoms with Crippen molar-refractivity contribution in [1.29, 1.82) is 0 Å². The predicted molar refractivity (Wildman–Crippen MR) is 150 cm³/mol. The van der Waals surface area contributed by atoms with Gasteiger partial charge in [0.15, 0.2) is 0 Å². The molecule has 2 N–H and O–H groups in total. The van der Waals surface area contributed by atoms with E-state index in [4.69, 9.17) is 0 Å². The van der Waals surface area contributed by atoms with Gasteiger partial charge in [-0.2, -0.15) is 0 Å². The zero-order valence-corrected chi connectivity index (χ0v) is 23.0. The molecule has 194 valence electrons. The van der Waals surface area contributed by atoms with E-state index in [0.717, 1.165) is 59.3 Å². The molecule has 4 nitrogen and oxygen atoms in total. The van der Waals surface area contributed by atoms with Crippen LogP contribution in [-0.2, 0) is 9.59 Å². The van der Waals surface area contributed by atoms with Gasteiger partial charge in [-0.15, -0.1) is 0 Å². The number of benzene rings is 2. The van der Waals surface area contributed by atoms with Crippen molar-refractivity contribution in [2.24, 2.45) is 35.5 Å². The number of hydrogen-bond donors (Lipinski definition) is 2. The number of aryl methyl sites for hydroxylation is 2. The Morgan fingerprint density at radius 1 is 0.722 bits per heavy atom. The largest absolute Gasteiger partial charge is 0.326 e. The van der Waals surface area contributed by atoms with Crippen molar-refractivity contribution in [3.05, 3.63) is 47.5 Å². The molecule has 2 aromatic carbocycles. The summed E-state index contributed by atoms with van der Waals surface area (Å²) in [4.78, 5) is 25.4. The fourth-order valence-electron chi connectivity index (χ4n) is 5.29. The van der Waals surface area contributed by atoms with Crippen LogP contribution in [0.25, 0.3) is 11.1 Å². The highest BCUT2D eigenvalue weighted by molar-refractivity contribution is 5.96. The summed E-state index contributed by atoms with van der Waals surface area (Å²) >= 11 is 0. The Morgan fingerprint density at radius 2 is 1.11 bits per heavy atom. The molecule has 0 saturated heterocycles. The molecule has 0 aliphatic heterocycles. The first-order valence-corrected chi connectivity index (χ1v) is 14.0. The number of nitrogens with one attached hydrogen (secondary N) is 2. The lowest BCUT2D eigenvalue weighted by Gasteiger charge is -2.13. The minimum atomic E-state index is 0.164. The Bertz CT molecular complexity index is 1020. The number of hydrogen-bond acceptors (Lipinski definition) is 2. The molecule has 0 bridgehead atoms. The highest BCUT2D eigenvalue weighted by Gasteiger charge is 2.43. The van der Waals surface area contributed by atoms with Crippen LogP contribution in [0.4, 0.5) is 11.4 Å². The smallest absolute Gasteiger partial charge is 0.227 e. The monoisotopic (exact) mass is 488 g/mol. The summed E-state index contributed by atoms with van der Waals surface area (Å²) in [5, 5.41) is 6.32. The predicted octanol–water partition coefficient (Wildman–Crippen LogP) is 7.99. The van der Waals surface area contributed by atoms with E-state index in [1.54, 1.807) is 0 Å². The lowest BCUT2D eigenvalue weighted by atomic mass is 9.99. The first-order valence-electron chi connectivity index (χ1n) is 14.0. The van der Waals surface area contributed by atoms with E-state index in [9.17, 15) is 9.59 Å². The van der Waals surface area contributed by atoms with Crippen LogP contribution in [0.1, 0.15) is 77.3 Å². The van der Waals surface area contributed by atoms with Crippen molar-refractivity contribution in [2.45, 2.75) is 80.1 Å². The van der Waals surface area contributed by atoms with Gasteiger partial charge in [-0.05, 0) is 110 Å². The van der Waals surface area contributed by atoms with E-state index in [0.29, 0.717) is 23.7 Å². The topological polar surface area (TPSA) is 58.2 Å². The summed E-state index contributed by atoms with van der Waals surface area (Å²) in [7, 11) is 0. The second-order valence-corrected chi connectivity index (χ2v) is 12.2. The molecule has 4 atom stereocenters. The Labute approximate surface area is 217 Å². The maximum absolute atomic E-state index is 12.7. The van der Waals surface area contributed by atoms with Gasteiger partial charge in [-0.1, -0.05) is 52.7 Å². The third-order valence-electron chi connectivity index (χ3n) is 8.05. The standard InChI is InChI=1S/C32H44N2O2/c1-19(2)7-9-25-17-27(25)31(35)33-29-13-11-23(15-21(29)5)24-12-14-30(22(6)16-24)34-32(36)28-18-26(28)10-8-20(3)4/h11-16,19-20,25-28H,7-10,17-18H2,1-6H3,(H,33,35)(H,34,36)/t25-,26-,27-,28+/m0/s1. The lowest BCUT2D eigenvalue weighted by molar-refractivity contribution is -0.118. The molecule has 2 fully saturated rings. The molecule has 0 radical (unpaired) electrons. The van der Waals surface area contributed by atoms with Crippen molar-refractivity contribution in [1.82, 2.24) is 0 Å². The Hall–Kier alpha value is -2.62. The molecule has 0 unspecified atom stereocenters. The van der Waals surface area contributed by atoms with E-state index in [1.165, 1.54) is 12.8 Å². The maximum atomic E-state index is 12.7. The van der Waals surface area contributed by atoms with Gasteiger partial charge < -0.3 is 10.6 Å².